The van der Waals surface area contributed by atoms with Crippen molar-refractivity contribution in [2.75, 3.05) is 25.0 Å². The highest BCUT2D eigenvalue weighted by atomic mass is 16.6. The van der Waals surface area contributed by atoms with Crippen LogP contribution in [0.2, 0.25) is 0 Å². The number of benzene rings is 1. The molecule has 0 fully saturated rings. The van der Waals surface area contributed by atoms with Crippen molar-refractivity contribution in [3.8, 4) is 0 Å². The molecule has 1 aromatic heterocycles. The largest absolute Gasteiger partial charge is 0.390 e. The molecule has 1 unspecified atom stereocenters. The Morgan fingerprint density at radius 3 is 2.81 bits per heavy atom. The van der Waals surface area contributed by atoms with Gasteiger partial charge in [-0.25, -0.2) is 4.68 Å². The topological polar surface area (TPSA) is 96.5 Å². The fourth-order valence-corrected chi connectivity index (χ4v) is 3.48. The molecule has 1 aromatic carbocycles. The number of hydrogen-bond donors (Lipinski definition) is 2. The maximum Gasteiger partial charge on any atom is 0.333 e. The quantitative estimate of drug-likeness (QED) is 0.577. The lowest BCUT2D eigenvalue weighted by atomic mass is 10.00. The lowest BCUT2D eigenvalue weighted by Crippen LogP contribution is -2.39. The molecule has 140 valence electrons. The fraction of sp³-hybridized carbons (Fsp3) is 0.500. The second-order valence-electron chi connectivity index (χ2n) is 6.67. The zero-order valence-electron chi connectivity index (χ0n) is 15.2. The van der Waals surface area contributed by atoms with Gasteiger partial charge in [0.05, 0.1) is 11.0 Å². The van der Waals surface area contributed by atoms with Crippen molar-refractivity contribution >= 4 is 11.5 Å². The van der Waals surface area contributed by atoms with Crippen molar-refractivity contribution in [2.24, 2.45) is 7.05 Å². The summed E-state index contributed by atoms with van der Waals surface area (Å²) in [6, 6.07) is 8.36. The highest BCUT2D eigenvalue weighted by molar-refractivity contribution is 5.59. The molecule has 26 heavy (non-hydrogen) atoms. The zero-order chi connectivity index (χ0) is 18.7. The van der Waals surface area contributed by atoms with E-state index in [2.05, 4.69) is 33.5 Å². The van der Waals surface area contributed by atoms with Crippen LogP contribution in [0.25, 0.3) is 0 Å². The van der Waals surface area contributed by atoms with E-state index in [1.807, 2.05) is 13.0 Å². The maximum atomic E-state index is 11.3. The van der Waals surface area contributed by atoms with Gasteiger partial charge in [0.15, 0.2) is 0 Å². The summed E-state index contributed by atoms with van der Waals surface area (Å²) in [5.74, 6) is 0.342. The molecule has 0 saturated carbocycles. The van der Waals surface area contributed by atoms with E-state index in [-0.39, 0.29) is 12.2 Å². The molecule has 1 atom stereocenters. The van der Waals surface area contributed by atoms with Crippen molar-refractivity contribution in [1.82, 2.24) is 14.7 Å². The Morgan fingerprint density at radius 1 is 1.38 bits per heavy atom. The first-order valence-corrected chi connectivity index (χ1v) is 8.91. The molecule has 0 amide bonds. The summed E-state index contributed by atoms with van der Waals surface area (Å²) in [5, 5.41) is 28.9. The molecule has 0 saturated heterocycles. The number of nitrogens with zero attached hydrogens (tertiary/aromatic N) is 4. The molecule has 0 bridgehead atoms. The van der Waals surface area contributed by atoms with E-state index >= 15 is 0 Å². The normalized spacial score (nSPS) is 15.5. The number of aryl methyl sites for hydroxylation is 2. The maximum absolute atomic E-state index is 11.3. The first-order chi connectivity index (χ1) is 12.5. The number of nitrogens with one attached hydrogen (secondary N) is 1. The zero-order valence-corrected chi connectivity index (χ0v) is 15.2. The molecule has 1 aliphatic heterocycles. The van der Waals surface area contributed by atoms with Gasteiger partial charge in [0.25, 0.3) is 0 Å². The van der Waals surface area contributed by atoms with Crippen molar-refractivity contribution in [3.63, 3.8) is 0 Å². The van der Waals surface area contributed by atoms with E-state index in [9.17, 15) is 15.2 Å². The molecule has 2 aromatic rings. The summed E-state index contributed by atoms with van der Waals surface area (Å²) >= 11 is 0. The van der Waals surface area contributed by atoms with Crippen LogP contribution in [0.15, 0.2) is 24.3 Å². The van der Waals surface area contributed by atoms with Crippen LogP contribution in [0, 0.1) is 10.1 Å². The molecule has 2 N–H and O–H groups in total. The summed E-state index contributed by atoms with van der Waals surface area (Å²) < 4.78 is 1.47. The van der Waals surface area contributed by atoms with E-state index in [0.717, 1.165) is 19.5 Å². The smallest absolute Gasteiger partial charge is 0.333 e. The Kier molecular flexibility index (Phi) is 5.53. The molecular weight excluding hydrogens is 334 g/mol. The van der Waals surface area contributed by atoms with Crippen LogP contribution in [0.4, 0.5) is 11.5 Å². The van der Waals surface area contributed by atoms with Gasteiger partial charge in [0.2, 0.25) is 5.82 Å². The van der Waals surface area contributed by atoms with E-state index < -0.39 is 11.0 Å². The number of fused-ring (bicyclic) bond motifs is 1. The lowest BCUT2D eigenvalue weighted by molar-refractivity contribution is -0.384. The van der Waals surface area contributed by atoms with Crippen molar-refractivity contribution in [3.05, 3.63) is 51.2 Å². The Morgan fingerprint density at radius 2 is 2.12 bits per heavy atom. The van der Waals surface area contributed by atoms with E-state index in [1.54, 1.807) is 7.05 Å². The first kappa shape index (κ1) is 18.3. The number of anilines is 1. The molecule has 1 aliphatic rings. The van der Waals surface area contributed by atoms with Crippen LogP contribution >= 0.6 is 0 Å². The minimum Gasteiger partial charge on any atom is -0.390 e. The number of nitro groups is 1. The Balaban J connectivity index is 1.59. The van der Waals surface area contributed by atoms with Crippen molar-refractivity contribution in [2.45, 2.75) is 32.4 Å². The average Bonchev–Trinajstić information content (AvgIpc) is 2.95. The van der Waals surface area contributed by atoms with Gasteiger partial charge < -0.3 is 10.4 Å². The highest BCUT2D eigenvalue weighted by Gasteiger charge is 2.26. The first-order valence-electron chi connectivity index (χ1n) is 8.91. The minimum absolute atomic E-state index is 0.00546. The van der Waals surface area contributed by atoms with Crippen molar-refractivity contribution in [1.29, 1.82) is 0 Å². The van der Waals surface area contributed by atoms with E-state index in [4.69, 9.17) is 0 Å². The minimum atomic E-state index is -0.625. The summed E-state index contributed by atoms with van der Waals surface area (Å²) in [6.07, 6.45) is 0.838. The second-order valence-corrected chi connectivity index (χ2v) is 6.67. The monoisotopic (exact) mass is 359 g/mol. The number of β-amino-alcohol motifs (C(OH)–C–C–N with tert-alkyl or cyclic N) is 1. The van der Waals surface area contributed by atoms with Gasteiger partial charge in [-0.3, -0.25) is 15.0 Å². The fourth-order valence-electron chi connectivity index (χ4n) is 3.48. The van der Waals surface area contributed by atoms with E-state index in [0.29, 0.717) is 24.5 Å². The van der Waals surface area contributed by atoms with Gasteiger partial charge in [-0.1, -0.05) is 31.2 Å². The van der Waals surface area contributed by atoms with Gasteiger partial charge >= 0.3 is 5.69 Å². The third-order valence-corrected chi connectivity index (χ3v) is 4.79. The molecule has 8 heteroatoms. The summed E-state index contributed by atoms with van der Waals surface area (Å²) in [5.41, 5.74) is 3.11. The van der Waals surface area contributed by atoms with E-state index in [1.165, 1.54) is 15.8 Å². The van der Waals surface area contributed by atoms with Crippen LogP contribution < -0.4 is 5.32 Å². The predicted molar refractivity (Wildman–Crippen MR) is 99.2 cm³/mol. The van der Waals surface area contributed by atoms with Crippen LogP contribution in [0.5, 0.6) is 0 Å². The standard InChI is InChI=1S/C18H25N5O3/c1-3-16-17(23(25)26)18(21(2)20-16)19-10-15(24)12-22-9-8-13-6-4-5-7-14(13)11-22/h4-7,15,19,24H,3,8-12H2,1-2H3. The summed E-state index contributed by atoms with van der Waals surface area (Å²) in [4.78, 5) is 13.1. The Bertz CT molecular complexity index is 789. The predicted octanol–water partition coefficient (Wildman–Crippen LogP) is 1.72. The molecular formula is C18H25N5O3. The average molecular weight is 359 g/mol. The third-order valence-electron chi connectivity index (χ3n) is 4.79. The Hall–Kier alpha value is -2.45. The molecule has 2 heterocycles. The number of hydrogen-bond acceptors (Lipinski definition) is 6. The summed E-state index contributed by atoms with van der Waals surface area (Å²) in [7, 11) is 1.67. The highest BCUT2D eigenvalue weighted by Crippen LogP contribution is 2.28. The molecule has 0 radical (unpaired) electrons. The summed E-state index contributed by atoms with van der Waals surface area (Å²) in [6.45, 7) is 4.32. The van der Waals surface area contributed by atoms with Crippen LogP contribution in [-0.2, 0) is 26.4 Å². The number of rotatable bonds is 7. The van der Waals surface area contributed by atoms with Crippen molar-refractivity contribution < 1.29 is 10.0 Å². The van der Waals surface area contributed by atoms with Gasteiger partial charge in [-0.2, -0.15) is 5.10 Å². The van der Waals surface area contributed by atoms with Crippen LogP contribution in [-0.4, -0.2) is 50.4 Å². The molecule has 3 rings (SSSR count). The number of aliphatic hydroxyl groups is 1. The van der Waals surface area contributed by atoms with Gasteiger partial charge in [-0.05, 0) is 24.0 Å². The molecule has 0 aliphatic carbocycles. The van der Waals surface area contributed by atoms with Crippen LogP contribution in [0.1, 0.15) is 23.7 Å². The molecule has 0 spiro atoms. The van der Waals surface area contributed by atoms with Gasteiger partial charge in [0.1, 0.15) is 5.69 Å². The SMILES string of the molecule is CCc1nn(C)c(NCC(O)CN2CCc3ccccc3C2)c1[N+](=O)[O-]. The number of aromatic nitrogens is 2. The molecule has 8 nitrogen and oxygen atoms in total. The van der Waals surface area contributed by atoms with Crippen LogP contribution in [0.3, 0.4) is 0 Å². The second kappa shape index (κ2) is 7.84. The van der Waals surface area contributed by atoms with Gasteiger partial charge in [-0.15, -0.1) is 0 Å². The number of aliphatic hydroxyl groups excluding tert-OH is 1. The van der Waals surface area contributed by atoms with Gasteiger partial charge in [0, 0.05) is 33.2 Å². The lowest BCUT2D eigenvalue weighted by Gasteiger charge is -2.30. The Labute approximate surface area is 152 Å². The third kappa shape index (κ3) is 3.86.